The summed E-state index contributed by atoms with van der Waals surface area (Å²) in [5.74, 6) is -1.28. The first kappa shape index (κ1) is 10.9. The van der Waals surface area contributed by atoms with Crippen LogP contribution in [0, 0.1) is 23.0 Å². The van der Waals surface area contributed by atoms with Crippen molar-refractivity contribution in [1.82, 2.24) is 0 Å². The van der Waals surface area contributed by atoms with Gasteiger partial charge in [0.2, 0.25) is 0 Å². The zero-order chi connectivity index (χ0) is 8.27. The SMILES string of the molecule is Cl.N#CCc1ccc(F)cc1F. The molecule has 64 valence electrons. The molecule has 0 fully saturated rings. The summed E-state index contributed by atoms with van der Waals surface area (Å²) in [6.07, 6.45) is -0.0217. The third-order valence-corrected chi connectivity index (χ3v) is 1.28. The van der Waals surface area contributed by atoms with E-state index in [4.69, 9.17) is 5.26 Å². The molecule has 12 heavy (non-hydrogen) atoms. The highest BCUT2D eigenvalue weighted by Crippen LogP contribution is 2.09. The maximum absolute atomic E-state index is 12.6. The summed E-state index contributed by atoms with van der Waals surface area (Å²) < 4.78 is 24.9. The predicted molar refractivity (Wildman–Crippen MR) is 42.9 cm³/mol. The molecule has 0 aliphatic heterocycles. The van der Waals surface area contributed by atoms with E-state index in [1.807, 2.05) is 0 Å². The van der Waals surface area contributed by atoms with Gasteiger partial charge in [0.25, 0.3) is 0 Å². The second kappa shape index (κ2) is 4.68. The van der Waals surface area contributed by atoms with Gasteiger partial charge in [-0.3, -0.25) is 0 Å². The number of rotatable bonds is 1. The summed E-state index contributed by atoms with van der Waals surface area (Å²) in [5, 5.41) is 8.20. The standard InChI is InChI=1S/C8H5F2N.ClH/c9-7-2-1-6(3-4-11)8(10)5-7;/h1-2,5H,3H2;1H. The molecule has 0 aromatic heterocycles. The second-order valence-electron chi connectivity index (χ2n) is 2.07. The van der Waals surface area contributed by atoms with Crippen molar-refractivity contribution in [2.45, 2.75) is 6.42 Å². The molecule has 0 aliphatic rings. The van der Waals surface area contributed by atoms with Gasteiger partial charge in [-0.05, 0) is 6.07 Å². The minimum Gasteiger partial charge on any atom is -0.207 e. The summed E-state index contributed by atoms with van der Waals surface area (Å²) in [6.45, 7) is 0. The van der Waals surface area contributed by atoms with E-state index in [1.54, 1.807) is 6.07 Å². The molecule has 1 aromatic rings. The Morgan fingerprint density at radius 2 is 2.00 bits per heavy atom. The molecule has 0 bridgehead atoms. The van der Waals surface area contributed by atoms with E-state index in [2.05, 4.69) is 0 Å². The van der Waals surface area contributed by atoms with Crippen LogP contribution in [0.25, 0.3) is 0 Å². The first-order chi connectivity index (χ1) is 5.24. The monoisotopic (exact) mass is 189 g/mol. The van der Waals surface area contributed by atoms with Crippen molar-refractivity contribution in [2.24, 2.45) is 0 Å². The molecule has 0 saturated carbocycles. The molecule has 0 amide bonds. The van der Waals surface area contributed by atoms with E-state index in [0.717, 1.165) is 12.1 Å². The van der Waals surface area contributed by atoms with Crippen molar-refractivity contribution in [1.29, 1.82) is 5.26 Å². The van der Waals surface area contributed by atoms with Crippen molar-refractivity contribution in [2.75, 3.05) is 0 Å². The highest BCUT2D eigenvalue weighted by atomic mass is 35.5. The molecular weight excluding hydrogens is 184 g/mol. The van der Waals surface area contributed by atoms with E-state index in [9.17, 15) is 8.78 Å². The van der Waals surface area contributed by atoms with Crippen molar-refractivity contribution < 1.29 is 8.78 Å². The summed E-state index contributed by atoms with van der Waals surface area (Å²) >= 11 is 0. The van der Waals surface area contributed by atoms with Crippen molar-refractivity contribution in [3.63, 3.8) is 0 Å². The Bertz CT molecular complexity index is 306. The Morgan fingerprint density at radius 1 is 1.33 bits per heavy atom. The van der Waals surface area contributed by atoms with Gasteiger partial charge in [0, 0.05) is 11.6 Å². The summed E-state index contributed by atoms with van der Waals surface area (Å²) in [5.41, 5.74) is 0.230. The minimum absolute atomic E-state index is 0. The molecule has 0 atom stereocenters. The minimum atomic E-state index is -0.661. The van der Waals surface area contributed by atoms with Crippen molar-refractivity contribution >= 4 is 12.4 Å². The Kier molecular flexibility index (Phi) is 4.24. The lowest BCUT2D eigenvalue weighted by Crippen LogP contribution is -1.88. The molecule has 0 N–H and O–H groups in total. The quantitative estimate of drug-likeness (QED) is 0.666. The molecule has 0 unspecified atom stereocenters. The van der Waals surface area contributed by atoms with E-state index in [0.29, 0.717) is 0 Å². The molecule has 4 heteroatoms. The lowest BCUT2D eigenvalue weighted by Gasteiger charge is -1.95. The lowest BCUT2D eigenvalue weighted by atomic mass is 10.1. The molecule has 0 spiro atoms. The van der Waals surface area contributed by atoms with Crippen LogP contribution in [0.5, 0.6) is 0 Å². The first-order valence-corrected chi connectivity index (χ1v) is 3.05. The van der Waals surface area contributed by atoms with E-state index in [1.165, 1.54) is 6.07 Å². The first-order valence-electron chi connectivity index (χ1n) is 3.05. The maximum atomic E-state index is 12.6. The normalized spacial score (nSPS) is 8.42. The van der Waals surface area contributed by atoms with Gasteiger partial charge in [0.15, 0.2) is 0 Å². The van der Waals surface area contributed by atoms with Gasteiger partial charge in [-0.1, -0.05) is 6.07 Å². The highest BCUT2D eigenvalue weighted by molar-refractivity contribution is 5.85. The van der Waals surface area contributed by atoms with Crippen molar-refractivity contribution in [3.05, 3.63) is 35.4 Å². The predicted octanol–water partition coefficient (Wildman–Crippen LogP) is 2.45. The number of hydrogen-bond donors (Lipinski definition) is 0. The summed E-state index contributed by atoms with van der Waals surface area (Å²) in [7, 11) is 0. The van der Waals surface area contributed by atoms with Crippen LogP contribution >= 0.6 is 12.4 Å². The zero-order valence-corrected chi connectivity index (χ0v) is 6.87. The van der Waals surface area contributed by atoms with Crippen LogP contribution in [0.3, 0.4) is 0 Å². The van der Waals surface area contributed by atoms with E-state index >= 15 is 0 Å². The highest BCUT2D eigenvalue weighted by Gasteiger charge is 2.01. The Balaban J connectivity index is 0.00000121. The number of benzene rings is 1. The lowest BCUT2D eigenvalue weighted by molar-refractivity contribution is 0.575. The summed E-state index contributed by atoms with van der Waals surface area (Å²) in [6, 6.07) is 4.96. The second-order valence-corrected chi connectivity index (χ2v) is 2.07. The van der Waals surface area contributed by atoms with Gasteiger partial charge in [-0.15, -0.1) is 12.4 Å². The molecule has 0 aliphatic carbocycles. The third-order valence-electron chi connectivity index (χ3n) is 1.28. The van der Waals surface area contributed by atoms with Gasteiger partial charge < -0.3 is 0 Å². The molecule has 0 radical (unpaired) electrons. The maximum Gasteiger partial charge on any atom is 0.130 e. The number of nitrogens with zero attached hydrogens (tertiary/aromatic N) is 1. The van der Waals surface area contributed by atoms with Gasteiger partial charge in [-0.2, -0.15) is 5.26 Å². The van der Waals surface area contributed by atoms with E-state index < -0.39 is 11.6 Å². The summed E-state index contributed by atoms with van der Waals surface area (Å²) in [4.78, 5) is 0. The fourth-order valence-electron chi connectivity index (χ4n) is 0.750. The van der Waals surface area contributed by atoms with Crippen LogP contribution in [0.15, 0.2) is 18.2 Å². The number of halogens is 3. The van der Waals surface area contributed by atoms with Crippen LogP contribution < -0.4 is 0 Å². The Hall–Kier alpha value is -1.14. The smallest absolute Gasteiger partial charge is 0.130 e. The molecule has 0 saturated heterocycles. The van der Waals surface area contributed by atoms with Crippen LogP contribution in [0.1, 0.15) is 5.56 Å². The largest absolute Gasteiger partial charge is 0.207 e. The van der Waals surface area contributed by atoms with Crippen LogP contribution in [-0.2, 0) is 6.42 Å². The molecule has 1 rings (SSSR count). The Morgan fingerprint density at radius 3 is 2.50 bits per heavy atom. The Labute approximate surface area is 75.0 Å². The molecule has 1 aromatic carbocycles. The topological polar surface area (TPSA) is 23.8 Å². The number of nitriles is 1. The van der Waals surface area contributed by atoms with Gasteiger partial charge in [0.05, 0.1) is 12.5 Å². The zero-order valence-electron chi connectivity index (χ0n) is 6.05. The van der Waals surface area contributed by atoms with Crippen molar-refractivity contribution in [3.8, 4) is 6.07 Å². The van der Waals surface area contributed by atoms with Gasteiger partial charge in [0.1, 0.15) is 11.6 Å². The number of hydrogen-bond acceptors (Lipinski definition) is 1. The van der Waals surface area contributed by atoms with Gasteiger partial charge >= 0.3 is 0 Å². The van der Waals surface area contributed by atoms with Crippen LogP contribution in [-0.4, -0.2) is 0 Å². The van der Waals surface area contributed by atoms with E-state index in [-0.39, 0.29) is 24.4 Å². The fourth-order valence-corrected chi connectivity index (χ4v) is 0.750. The fraction of sp³-hybridized carbons (Fsp3) is 0.125. The average molecular weight is 190 g/mol. The molecular formula is C8H6ClF2N. The molecule has 0 heterocycles. The van der Waals surface area contributed by atoms with Crippen LogP contribution in [0.2, 0.25) is 0 Å². The van der Waals surface area contributed by atoms with Gasteiger partial charge in [-0.25, -0.2) is 8.78 Å². The third kappa shape index (κ3) is 2.48. The average Bonchev–Trinajstić information content (AvgIpc) is 1.95. The molecule has 1 nitrogen and oxygen atoms in total. The van der Waals surface area contributed by atoms with Crippen LogP contribution in [0.4, 0.5) is 8.78 Å².